The van der Waals surface area contributed by atoms with Crippen LogP contribution in [-0.2, 0) is 9.59 Å². The van der Waals surface area contributed by atoms with Crippen LogP contribution in [-0.4, -0.2) is 62.3 Å². The molecule has 1 saturated heterocycles. The second-order valence-corrected chi connectivity index (χ2v) is 9.65. The topological polar surface area (TPSA) is 83.1 Å². The van der Waals surface area contributed by atoms with Gasteiger partial charge in [0.25, 0.3) is 0 Å². The number of rotatable bonds is 6. The zero-order chi connectivity index (χ0) is 24.9. The maximum Gasteiger partial charge on any atom is 0.309 e. The quantitative estimate of drug-likeness (QED) is 0.599. The summed E-state index contributed by atoms with van der Waals surface area (Å²) in [4.78, 5) is 29.7. The number of fused-ring (bicyclic) bond motifs is 1. The lowest BCUT2D eigenvalue weighted by Crippen LogP contribution is -2.51. The van der Waals surface area contributed by atoms with Gasteiger partial charge in [-0.15, -0.1) is 0 Å². The van der Waals surface area contributed by atoms with E-state index in [0.29, 0.717) is 18.0 Å². The molecule has 1 atom stereocenters. The average Bonchev–Trinajstić information content (AvgIpc) is 3.38. The predicted octanol–water partition coefficient (Wildman–Crippen LogP) is 2.98. The molecule has 1 saturated carbocycles. The summed E-state index contributed by atoms with van der Waals surface area (Å²) in [6, 6.07) is 12.3. The largest absolute Gasteiger partial charge is 0.454 e. The Bertz CT molecular complexity index is 1070. The van der Waals surface area contributed by atoms with Crippen LogP contribution in [0.3, 0.4) is 0 Å². The highest BCUT2D eigenvalue weighted by molar-refractivity contribution is 6.35. The summed E-state index contributed by atoms with van der Waals surface area (Å²) in [5.74, 6) is -0.0226. The number of halogens is 1. The molecule has 9 heteroatoms. The summed E-state index contributed by atoms with van der Waals surface area (Å²) >= 11 is 0. The molecule has 2 aromatic rings. The highest BCUT2D eigenvalue weighted by Gasteiger charge is 2.28. The number of piperazine rings is 1. The van der Waals surface area contributed by atoms with Gasteiger partial charge >= 0.3 is 11.8 Å². The third kappa shape index (κ3) is 5.73. The molecule has 0 spiro atoms. The normalized spacial score (nSPS) is 19.1. The summed E-state index contributed by atoms with van der Waals surface area (Å²) < 4.78 is 24.4. The first-order valence-corrected chi connectivity index (χ1v) is 12.8. The van der Waals surface area contributed by atoms with Crippen LogP contribution < -0.4 is 25.0 Å². The van der Waals surface area contributed by atoms with Crippen LogP contribution >= 0.6 is 0 Å². The SMILES string of the molecule is O=C(NCC(c1ccc2c(c1)OCO2)N1CCN(c2ccc(F)cc2)CC1)C(=O)NC1CCCCC1. The predicted molar refractivity (Wildman–Crippen MR) is 134 cm³/mol. The lowest BCUT2D eigenvalue weighted by molar-refractivity contribution is -0.139. The van der Waals surface area contributed by atoms with Crippen molar-refractivity contribution < 1.29 is 23.5 Å². The summed E-state index contributed by atoms with van der Waals surface area (Å²) in [5, 5.41) is 5.75. The molecule has 0 aromatic heterocycles. The molecule has 2 aliphatic heterocycles. The Hall–Kier alpha value is -3.33. The third-order valence-electron chi connectivity index (χ3n) is 7.33. The van der Waals surface area contributed by atoms with Gasteiger partial charge in [0.15, 0.2) is 11.5 Å². The Morgan fingerprint density at radius 3 is 2.39 bits per heavy atom. The Labute approximate surface area is 210 Å². The van der Waals surface area contributed by atoms with Gasteiger partial charge in [-0.05, 0) is 54.8 Å². The smallest absolute Gasteiger partial charge is 0.309 e. The lowest BCUT2D eigenvalue weighted by atomic mass is 9.95. The van der Waals surface area contributed by atoms with E-state index in [0.717, 1.165) is 63.1 Å². The second-order valence-electron chi connectivity index (χ2n) is 9.65. The van der Waals surface area contributed by atoms with Crippen LogP contribution in [0.4, 0.5) is 10.1 Å². The van der Waals surface area contributed by atoms with Crippen LogP contribution in [0.25, 0.3) is 0 Å². The van der Waals surface area contributed by atoms with Crippen LogP contribution in [0, 0.1) is 5.82 Å². The van der Waals surface area contributed by atoms with Gasteiger partial charge in [-0.25, -0.2) is 4.39 Å². The van der Waals surface area contributed by atoms with E-state index in [9.17, 15) is 14.0 Å². The first-order valence-electron chi connectivity index (χ1n) is 12.8. The molecular formula is C27H33FN4O4. The van der Waals surface area contributed by atoms with Gasteiger partial charge in [-0.2, -0.15) is 0 Å². The Morgan fingerprint density at radius 1 is 0.917 bits per heavy atom. The number of ether oxygens (including phenoxy) is 2. The molecule has 2 aromatic carbocycles. The van der Waals surface area contributed by atoms with Crippen molar-refractivity contribution >= 4 is 17.5 Å². The third-order valence-corrected chi connectivity index (χ3v) is 7.33. The molecule has 1 aliphatic carbocycles. The van der Waals surface area contributed by atoms with E-state index in [1.807, 2.05) is 18.2 Å². The molecule has 192 valence electrons. The fourth-order valence-corrected chi connectivity index (χ4v) is 5.29. The molecule has 0 radical (unpaired) electrons. The summed E-state index contributed by atoms with van der Waals surface area (Å²) in [6.45, 7) is 3.53. The molecule has 2 amide bonds. The van der Waals surface area contributed by atoms with E-state index in [1.54, 1.807) is 12.1 Å². The van der Waals surface area contributed by atoms with Crippen LogP contribution in [0.1, 0.15) is 43.7 Å². The summed E-state index contributed by atoms with van der Waals surface area (Å²) in [6.07, 6.45) is 5.21. The summed E-state index contributed by atoms with van der Waals surface area (Å²) in [7, 11) is 0. The molecule has 8 nitrogen and oxygen atoms in total. The minimum absolute atomic E-state index is 0.0844. The van der Waals surface area contributed by atoms with Crippen LogP contribution in [0.15, 0.2) is 42.5 Å². The maximum absolute atomic E-state index is 13.3. The fraction of sp³-hybridized carbons (Fsp3) is 0.481. The van der Waals surface area contributed by atoms with Gasteiger partial charge in [0.1, 0.15) is 5.82 Å². The van der Waals surface area contributed by atoms with Gasteiger partial charge in [-0.1, -0.05) is 25.3 Å². The number of nitrogens with one attached hydrogen (secondary N) is 2. The van der Waals surface area contributed by atoms with E-state index < -0.39 is 11.8 Å². The van der Waals surface area contributed by atoms with E-state index >= 15 is 0 Å². The minimum Gasteiger partial charge on any atom is -0.454 e. The van der Waals surface area contributed by atoms with Crippen molar-refractivity contribution in [2.24, 2.45) is 0 Å². The van der Waals surface area contributed by atoms with Crippen molar-refractivity contribution in [3.8, 4) is 11.5 Å². The van der Waals surface area contributed by atoms with Crippen molar-refractivity contribution in [2.75, 3.05) is 44.4 Å². The zero-order valence-electron chi connectivity index (χ0n) is 20.4. The Kier molecular flexibility index (Phi) is 7.55. The highest BCUT2D eigenvalue weighted by Crippen LogP contribution is 2.35. The van der Waals surface area contributed by atoms with Crippen molar-refractivity contribution in [3.63, 3.8) is 0 Å². The van der Waals surface area contributed by atoms with Crippen LogP contribution in [0.2, 0.25) is 0 Å². The number of anilines is 1. The Morgan fingerprint density at radius 2 is 1.64 bits per heavy atom. The van der Waals surface area contributed by atoms with E-state index in [2.05, 4.69) is 20.4 Å². The van der Waals surface area contributed by atoms with Gasteiger partial charge < -0.3 is 25.0 Å². The maximum atomic E-state index is 13.3. The summed E-state index contributed by atoms with van der Waals surface area (Å²) in [5.41, 5.74) is 1.98. The van der Waals surface area contributed by atoms with Gasteiger partial charge in [0, 0.05) is 44.5 Å². The number of carbonyl (C=O) groups is 2. The number of benzene rings is 2. The van der Waals surface area contributed by atoms with E-state index in [4.69, 9.17) is 9.47 Å². The number of nitrogens with zero attached hydrogens (tertiary/aromatic N) is 2. The van der Waals surface area contributed by atoms with Gasteiger partial charge in [0.05, 0.1) is 6.04 Å². The van der Waals surface area contributed by atoms with Crippen molar-refractivity contribution in [1.82, 2.24) is 15.5 Å². The van der Waals surface area contributed by atoms with E-state index in [1.165, 1.54) is 18.6 Å². The van der Waals surface area contributed by atoms with Crippen LogP contribution in [0.5, 0.6) is 11.5 Å². The van der Waals surface area contributed by atoms with Gasteiger partial charge in [-0.3, -0.25) is 14.5 Å². The molecule has 2 fully saturated rings. The molecular weight excluding hydrogens is 463 g/mol. The molecule has 1 unspecified atom stereocenters. The fourth-order valence-electron chi connectivity index (χ4n) is 5.29. The monoisotopic (exact) mass is 496 g/mol. The zero-order valence-corrected chi connectivity index (χ0v) is 20.4. The van der Waals surface area contributed by atoms with Crippen molar-refractivity contribution in [3.05, 3.63) is 53.8 Å². The first kappa shape index (κ1) is 24.4. The highest BCUT2D eigenvalue weighted by atomic mass is 19.1. The standard InChI is InChI=1S/C27H33FN4O4/c28-20-7-9-22(10-8-20)31-12-14-32(15-13-31)23(19-6-11-24-25(16-19)36-18-35-24)17-29-26(33)27(34)30-21-4-2-1-3-5-21/h6-11,16,21,23H,1-5,12-15,17-18H2,(H,29,33)(H,30,34). The Balaban J connectivity index is 1.25. The van der Waals surface area contributed by atoms with Gasteiger partial charge in [0.2, 0.25) is 6.79 Å². The number of hydrogen-bond acceptors (Lipinski definition) is 6. The molecule has 2 heterocycles. The first-order chi connectivity index (χ1) is 17.6. The van der Waals surface area contributed by atoms with Crippen molar-refractivity contribution in [2.45, 2.75) is 44.2 Å². The molecule has 2 N–H and O–H groups in total. The average molecular weight is 497 g/mol. The minimum atomic E-state index is -0.601. The second kappa shape index (κ2) is 11.2. The molecule has 5 rings (SSSR count). The molecule has 36 heavy (non-hydrogen) atoms. The number of carbonyl (C=O) groups excluding carboxylic acids is 2. The number of hydrogen-bond donors (Lipinski definition) is 2. The van der Waals surface area contributed by atoms with Crippen molar-refractivity contribution in [1.29, 1.82) is 0 Å². The molecule has 3 aliphatic rings. The molecule has 0 bridgehead atoms. The lowest BCUT2D eigenvalue weighted by Gasteiger charge is -2.40. The van der Waals surface area contributed by atoms with E-state index in [-0.39, 0.29) is 24.7 Å². The number of amides is 2.